The normalized spacial score (nSPS) is 23.2. The number of fused-ring (bicyclic) bond motifs is 1. The van der Waals surface area contributed by atoms with E-state index in [4.69, 9.17) is 11.6 Å². The van der Waals surface area contributed by atoms with Crippen molar-refractivity contribution in [2.75, 3.05) is 19.0 Å². The summed E-state index contributed by atoms with van der Waals surface area (Å²) in [7, 11) is -3.34. The predicted octanol–water partition coefficient (Wildman–Crippen LogP) is 3.20. The van der Waals surface area contributed by atoms with E-state index in [-0.39, 0.29) is 0 Å². The maximum atomic E-state index is 12.8. The summed E-state index contributed by atoms with van der Waals surface area (Å²) in [6, 6.07) is 5.67. The molecule has 1 aromatic rings. The highest BCUT2D eigenvalue weighted by molar-refractivity contribution is 7.89. The van der Waals surface area contributed by atoms with Crippen molar-refractivity contribution in [3.63, 3.8) is 0 Å². The van der Waals surface area contributed by atoms with Gasteiger partial charge in [-0.25, -0.2) is 8.42 Å². The Morgan fingerprint density at radius 3 is 2.81 bits per heavy atom. The summed E-state index contributed by atoms with van der Waals surface area (Å²) in [6.07, 6.45) is 6.15. The zero-order valence-corrected chi connectivity index (χ0v) is 13.8. The molecule has 0 radical (unpaired) electrons. The molecule has 0 amide bonds. The van der Waals surface area contributed by atoms with Crippen LogP contribution in [0, 0.1) is 5.92 Å². The fourth-order valence-electron chi connectivity index (χ4n) is 3.49. The van der Waals surface area contributed by atoms with E-state index in [1.807, 2.05) is 12.1 Å². The molecule has 1 fully saturated rings. The summed E-state index contributed by atoms with van der Waals surface area (Å²) in [5, 5.41) is 0. The summed E-state index contributed by atoms with van der Waals surface area (Å²) in [4.78, 5) is 0.467. The van der Waals surface area contributed by atoms with Gasteiger partial charge in [0.1, 0.15) is 0 Å². The van der Waals surface area contributed by atoms with Gasteiger partial charge in [-0.1, -0.05) is 6.07 Å². The van der Waals surface area contributed by atoms with Crippen molar-refractivity contribution in [2.24, 2.45) is 5.92 Å². The molecule has 21 heavy (non-hydrogen) atoms. The Bertz CT molecular complexity index is 613. The molecule has 1 unspecified atom stereocenters. The van der Waals surface area contributed by atoms with Crippen LogP contribution < -0.4 is 0 Å². The Hall–Kier alpha value is -0.580. The highest BCUT2D eigenvalue weighted by Crippen LogP contribution is 2.29. The van der Waals surface area contributed by atoms with Crippen LogP contribution in [0.1, 0.15) is 36.8 Å². The van der Waals surface area contributed by atoms with Gasteiger partial charge in [0.15, 0.2) is 0 Å². The van der Waals surface area contributed by atoms with E-state index in [2.05, 4.69) is 0 Å². The maximum absolute atomic E-state index is 12.8. The molecule has 0 spiro atoms. The molecule has 116 valence electrons. The van der Waals surface area contributed by atoms with E-state index in [1.54, 1.807) is 10.4 Å². The monoisotopic (exact) mass is 327 g/mol. The van der Waals surface area contributed by atoms with Crippen LogP contribution in [-0.4, -0.2) is 31.7 Å². The summed E-state index contributed by atoms with van der Waals surface area (Å²) < 4.78 is 27.3. The first-order valence-corrected chi connectivity index (χ1v) is 9.76. The van der Waals surface area contributed by atoms with Gasteiger partial charge in [0.25, 0.3) is 0 Å². The Morgan fingerprint density at radius 2 is 2.00 bits per heavy atom. The quantitative estimate of drug-likeness (QED) is 0.796. The van der Waals surface area contributed by atoms with E-state index < -0.39 is 10.0 Å². The number of rotatable bonds is 4. The van der Waals surface area contributed by atoms with Crippen LogP contribution in [0.15, 0.2) is 23.1 Å². The second-order valence-corrected chi connectivity index (χ2v) is 8.45. The minimum atomic E-state index is -3.34. The first-order valence-electron chi connectivity index (χ1n) is 7.79. The van der Waals surface area contributed by atoms with Crippen molar-refractivity contribution in [1.82, 2.24) is 4.31 Å². The zero-order valence-electron chi connectivity index (χ0n) is 12.2. The highest BCUT2D eigenvalue weighted by atomic mass is 35.5. The molecule has 1 atom stereocenters. The minimum absolute atomic E-state index is 0.403. The number of halogens is 1. The van der Waals surface area contributed by atoms with Crippen molar-refractivity contribution in [3.8, 4) is 0 Å². The molecule has 1 saturated heterocycles. The van der Waals surface area contributed by atoms with Crippen molar-refractivity contribution in [3.05, 3.63) is 29.3 Å². The van der Waals surface area contributed by atoms with Crippen molar-refractivity contribution >= 4 is 21.6 Å². The van der Waals surface area contributed by atoms with E-state index in [1.165, 1.54) is 11.1 Å². The van der Waals surface area contributed by atoms with Crippen LogP contribution in [0.2, 0.25) is 0 Å². The first kappa shape index (κ1) is 15.3. The molecule has 5 heteroatoms. The van der Waals surface area contributed by atoms with Crippen molar-refractivity contribution < 1.29 is 8.42 Å². The molecule has 2 aliphatic rings. The van der Waals surface area contributed by atoms with Crippen LogP contribution in [-0.2, 0) is 22.9 Å². The average Bonchev–Trinajstić information content (AvgIpc) is 2.95. The molecule has 1 aliphatic carbocycles. The fourth-order valence-corrected chi connectivity index (χ4v) is 5.41. The lowest BCUT2D eigenvalue weighted by atomic mass is 9.97. The average molecular weight is 328 g/mol. The van der Waals surface area contributed by atoms with Gasteiger partial charge in [0.2, 0.25) is 10.0 Å². The molecule has 0 aromatic heterocycles. The van der Waals surface area contributed by atoms with Crippen molar-refractivity contribution in [2.45, 2.75) is 43.4 Å². The second kappa shape index (κ2) is 6.27. The number of benzene rings is 1. The molecule has 3 rings (SSSR count). The summed E-state index contributed by atoms with van der Waals surface area (Å²) in [5.41, 5.74) is 2.53. The molecule has 0 N–H and O–H groups in total. The molecular weight excluding hydrogens is 306 g/mol. The van der Waals surface area contributed by atoms with Gasteiger partial charge < -0.3 is 0 Å². The Morgan fingerprint density at radius 1 is 1.19 bits per heavy atom. The molecular formula is C16H22ClNO2S. The van der Waals surface area contributed by atoms with Crippen molar-refractivity contribution in [1.29, 1.82) is 0 Å². The van der Waals surface area contributed by atoms with E-state index >= 15 is 0 Å². The standard InChI is InChI=1S/C16H22ClNO2S/c17-9-8-13-3-2-10-18(12-13)21(19,20)16-7-6-14-4-1-5-15(14)11-16/h6-7,11,13H,1-5,8-10,12H2. The largest absolute Gasteiger partial charge is 0.243 e. The van der Waals surface area contributed by atoms with E-state index in [9.17, 15) is 8.42 Å². The number of aryl methyl sites for hydroxylation is 2. The van der Waals surface area contributed by atoms with Crippen LogP contribution >= 0.6 is 11.6 Å². The van der Waals surface area contributed by atoms with Gasteiger partial charge in [0.05, 0.1) is 4.90 Å². The Balaban J connectivity index is 1.83. The Kier molecular flexibility index (Phi) is 4.57. The molecule has 3 nitrogen and oxygen atoms in total. The maximum Gasteiger partial charge on any atom is 0.243 e. The third kappa shape index (κ3) is 3.13. The lowest BCUT2D eigenvalue weighted by molar-refractivity contribution is 0.262. The summed E-state index contributed by atoms with van der Waals surface area (Å²) in [6.45, 7) is 1.25. The SMILES string of the molecule is O=S(=O)(c1ccc2c(c1)CCC2)N1CCCC(CCCl)C1. The number of piperidine rings is 1. The van der Waals surface area contributed by atoms with Gasteiger partial charge in [-0.15, -0.1) is 11.6 Å². The lowest BCUT2D eigenvalue weighted by Crippen LogP contribution is -2.40. The lowest BCUT2D eigenvalue weighted by Gasteiger charge is -2.31. The number of alkyl halides is 1. The minimum Gasteiger partial charge on any atom is -0.207 e. The van der Waals surface area contributed by atoms with E-state index in [0.29, 0.717) is 29.8 Å². The topological polar surface area (TPSA) is 37.4 Å². The van der Waals surface area contributed by atoms with Gasteiger partial charge in [0, 0.05) is 19.0 Å². The smallest absolute Gasteiger partial charge is 0.207 e. The number of sulfonamides is 1. The highest BCUT2D eigenvalue weighted by Gasteiger charge is 2.30. The van der Waals surface area contributed by atoms with Crippen LogP contribution in [0.4, 0.5) is 0 Å². The van der Waals surface area contributed by atoms with Gasteiger partial charge >= 0.3 is 0 Å². The molecule has 1 heterocycles. The molecule has 1 aromatic carbocycles. The molecule has 0 bridgehead atoms. The summed E-state index contributed by atoms with van der Waals surface area (Å²) >= 11 is 5.81. The van der Waals surface area contributed by atoms with Crippen LogP contribution in [0.3, 0.4) is 0 Å². The van der Waals surface area contributed by atoms with Crippen LogP contribution in [0.5, 0.6) is 0 Å². The fraction of sp³-hybridized carbons (Fsp3) is 0.625. The number of hydrogen-bond donors (Lipinski definition) is 0. The number of hydrogen-bond acceptors (Lipinski definition) is 2. The first-order chi connectivity index (χ1) is 10.1. The van der Waals surface area contributed by atoms with E-state index in [0.717, 1.165) is 38.5 Å². The van der Waals surface area contributed by atoms with Gasteiger partial charge in [-0.2, -0.15) is 4.31 Å². The second-order valence-electron chi connectivity index (χ2n) is 6.13. The third-order valence-electron chi connectivity index (χ3n) is 4.71. The zero-order chi connectivity index (χ0) is 14.9. The Labute approximate surface area is 132 Å². The third-order valence-corrected chi connectivity index (χ3v) is 6.79. The number of nitrogens with zero attached hydrogens (tertiary/aromatic N) is 1. The van der Waals surface area contributed by atoms with Crippen LogP contribution in [0.25, 0.3) is 0 Å². The molecule has 1 aliphatic heterocycles. The molecule has 0 saturated carbocycles. The summed E-state index contributed by atoms with van der Waals surface area (Å²) in [5.74, 6) is 1.01. The van der Waals surface area contributed by atoms with Gasteiger partial charge in [-0.3, -0.25) is 0 Å². The van der Waals surface area contributed by atoms with Gasteiger partial charge in [-0.05, 0) is 67.7 Å². The predicted molar refractivity (Wildman–Crippen MR) is 85.3 cm³/mol.